The summed E-state index contributed by atoms with van der Waals surface area (Å²) in [6.07, 6.45) is 5.42. The second-order valence-electron chi connectivity index (χ2n) is 26.0. The van der Waals surface area contributed by atoms with Gasteiger partial charge >= 0.3 is 12.1 Å². The fourth-order valence-electron chi connectivity index (χ4n) is 9.91. The number of amides is 2. The van der Waals surface area contributed by atoms with E-state index in [-0.39, 0.29) is 186 Å². The average Bonchev–Trinajstić information content (AvgIpc) is 0.922. The van der Waals surface area contributed by atoms with E-state index >= 15 is 0 Å². The van der Waals surface area contributed by atoms with Crippen molar-refractivity contribution >= 4 is 84.5 Å². The summed E-state index contributed by atoms with van der Waals surface area (Å²) in [6.45, 7) is 3.89. The lowest BCUT2D eigenvalue weighted by atomic mass is 10.0. The molecule has 5 rings (SSSR count). The van der Waals surface area contributed by atoms with Crippen molar-refractivity contribution in [2.24, 2.45) is 0 Å². The summed E-state index contributed by atoms with van der Waals surface area (Å²) in [7, 11) is -26.3. The first-order valence-electron chi connectivity index (χ1n) is 35.2. The number of hydrogen-bond donors (Lipinski definition) is 9. The summed E-state index contributed by atoms with van der Waals surface area (Å²) in [5, 5.41) is 32.4. The number of ether oxygens (including phenoxy) is 10. The Hall–Kier alpha value is -8.52. The summed E-state index contributed by atoms with van der Waals surface area (Å²) in [4.78, 5) is 52.2. The minimum absolute atomic E-state index is 0.0151. The number of carbonyl (C=O) groups is 4. The molecule has 0 bridgehead atoms. The summed E-state index contributed by atoms with van der Waals surface area (Å²) in [6, 6.07) is 7.63. The molecule has 47 heteroatoms. The molecule has 0 spiro atoms. The number of aromatic nitrogens is 6. The molecule has 0 aliphatic rings. The van der Waals surface area contributed by atoms with Crippen molar-refractivity contribution in [1.82, 2.24) is 40.6 Å². The van der Waals surface area contributed by atoms with E-state index in [1.54, 1.807) is 42.5 Å². The zero-order chi connectivity index (χ0) is 82.8. The van der Waals surface area contributed by atoms with Crippen LogP contribution in [0.4, 0.5) is 4.79 Å². The van der Waals surface area contributed by atoms with Crippen LogP contribution < -0.4 is 53.3 Å². The number of aromatic carboxylic acids is 1. The molecular weight excluding hydrogens is 1610 g/mol. The summed E-state index contributed by atoms with van der Waals surface area (Å²) >= 11 is 0. The highest BCUT2D eigenvalue weighted by Gasteiger charge is 2.25. The van der Waals surface area contributed by atoms with Gasteiger partial charge in [-0.3, -0.25) is 46.3 Å². The van der Waals surface area contributed by atoms with Gasteiger partial charge in [-0.2, -0.15) is 50.5 Å². The Morgan fingerprint density at radius 2 is 0.705 bits per heavy atom. The number of nitrogens with one attached hydrogen (secondary N) is 2. The SMILES string of the molecule is CC(C)(C)OC(=O)NCCOc1c(OCCCCc2cn(CCCCC(=O)c3cc(OCCCS(=O)(=O)O)c(OCCCS(=O)(=O)O)c(OCCCS(=O)(=O)O)c3)nn2)cc(C(=O)O)cc1OCCCCc1cn(CCCNC(=O)c2cc(OCCCS(=O)(=O)O)c(OCCCS(=O)(=O)O)c(OCCCS(=O)(=O)O)c2)nn1. The van der Waals surface area contributed by atoms with Gasteiger partial charge in [0.1, 0.15) is 12.2 Å². The number of ketones is 1. The molecule has 112 heavy (non-hydrogen) atoms. The lowest BCUT2D eigenvalue weighted by molar-refractivity contribution is 0.0518. The molecule has 5 aromatic rings. The number of rotatable bonds is 58. The van der Waals surface area contributed by atoms with Crippen molar-refractivity contribution in [3.63, 3.8) is 0 Å². The lowest BCUT2D eigenvalue weighted by Crippen LogP contribution is -2.34. The minimum Gasteiger partial charge on any atom is -0.490 e. The molecule has 0 saturated heterocycles. The first-order chi connectivity index (χ1) is 52.5. The Labute approximate surface area is 648 Å². The number of hydrogen-bond acceptors (Lipinski definition) is 30. The van der Waals surface area contributed by atoms with Crippen LogP contribution in [-0.2, 0) is 91.4 Å². The van der Waals surface area contributed by atoms with Gasteiger partial charge in [-0.15, -0.1) is 10.2 Å². The highest BCUT2D eigenvalue weighted by atomic mass is 32.2. The molecule has 0 radical (unpaired) electrons. The van der Waals surface area contributed by atoms with Crippen LogP contribution in [0.15, 0.2) is 48.8 Å². The molecular formula is C65H96N8O33S6. The average molecular weight is 1710 g/mol. The topological polar surface area (TPSA) is 593 Å². The number of nitrogens with zero attached hydrogens (tertiary/aromatic N) is 6. The van der Waals surface area contributed by atoms with E-state index in [2.05, 4.69) is 31.3 Å². The number of Topliss-reactive ketones (excluding diaryl/α,β-unsaturated/α-hetero) is 1. The van der Waals surface area contributed by atoms with E-state index in [4.69, 9.17) is 47.4 Å². The smallest absolute Gasteiger partial charge is 0.407 e. The molecule has 0 unspecified atom stereocenters. The van der Waals surface area contributed by atoms with Crippen LogP contribution in [0.25, 0.3) is 0 Å². The number of carbonyl (C=O) groups excluding carboxylic acids is 3. The maximum absolute atomic E-state index is 13.7. The number of carboxylic acid groups (broad SMARTS) is 1. The first kappa shape index (κ1) is 94.1. The van der Waals surface area contributed by atoms with Crippen molar-refractivity contribution in [2.45, 2.75) is 142 Å². The molecule has 2 aromatic heterocycles. The van der Waals surface area contributed by atoms with Gasteiger partial charge in [0.05, 0.1) is 111 Å². The molecule has 3 aromatic carbocycles. The quantitative estimate of drug-likeness (QED) is 0.0139. The number of carboxylic acids is 1. The predicted octanol–water partition coefficient (Wildman–Crippen LogP) is 5.09. The van der Waals surface area contributed by atoms with Crippen LogP contribution in [-0.4, -0.2) is 249 Å². The highest BCUT2D eigenvalue weighted by Crippen LogP contribution is 2.42. The number of unbranched alkanes of at least 4 members (excludes halogenated alkanes) is 3. The Kier molecular flexibility index (Phi) is 38.1. The van der Waals surface area contributed by atoms with E-state index in [1.807, 2.05) is 0 Å². The van der Waals surface area contributed by atoms with Gasteiger partial charge in [-0.05, 0) is 153 Å². The second-order valence-corrected chi connectivity index (χ2v) is 35.4. The van der Waals surface area contributed by atoms with Gasteiger partial charge in [0.25, 0.3) is 66.6 Å². The molecule has 41 nitrogen and oxygen atoms in total. The van der Waals surface area contributed by atoms with E-state index in [1.165, 1.54) is 36.4 Å². The summed E-state index contributed by atoms with van der Waals surface area (Å²) in [5.41, 5.74) is 0.269. The Morgan fingerprint density at radius 3 is 1.05 bits per heavy atom. The minimum atomic E-state index is -4.38. The molecule has 0 aliphatic heterocycles. The first-order valence-corrected chi connectivity index (χ1v) is 44.8. The van der Waals surface area contributed by atoms with Crippen molar-refractivity contribution in [1.29, 1.82) is 0 Å². The molecule has 0 saturated carbocycles. The zero-order valence-electron chi connectivity index (χ0n) is 61.7. The fourth-order valence-corrected chi connectivity index (χ4v) is 12.8. The van der Waals surface area contributed by atoms with Crippen molar-refractivity contribution < 1.29 is 149 Å². The summed E-state index contributed by atoms with van der Waals surface area (Å²) < 4.78 is 253. The second kappa shape index (κ2) is 45.4. The molecule has 9 N–H and O–H groups in total. The van der Waals surface area contributed by atoms with Gasteiger partial charge < -0.3 is 63.1 Å². The number of alkyl carbamates (subject to hydrolysis) is 1. The van der Waals surface area contributed by atoms with Crippen LogP contribution in [0.5, 0.6) is 51.7 Å². The Morgan fingerprint density at radius 1 is 0.384 bits per heavy atom. The zero-order valence-corrected chi connectivity index (χ0v) is 66.6. The van der Waals surface area contributed by atoms with Gasteiger partial charge in [0.15, 0.2) is 40.3 Å². The van der Waals surface area contributed by atoms with Gasteiger partial charge in [0.2, 0.25) is 17.2 Å². The third-order valence-electron chi connectivity index (χ3n) is 14.9. The standard InChI is InChI=1S/C65H96N8O33S6/c1-65(2,3)106-64(78)67-21-32-105-61-57(97-24-8-5-17-50-45-72(70-68-50)22-7-4-19-52(74)47-39-53(99-26-11-33-107(79,80)81)59(103-30-15-37-111(91,92)93)54(40-47)100-27-12-34-108(82,83)84)43-49(63(76)77)44-58(61)98-25-9-6-18-51-46-73(71-69-51)23-10-20-66-62(75)48-41-55(101-28-13-35-109(85,86)87)60(104-31-16-38-112(94,95)96)56(42-48)102-29-14-36-110(88,89)90/h39-46H,4-38H2,1-3H3,(H,66,75)(H,67,78)(H,76,77)(H,79,80,81)(H,82,83,84)(H,85,86,87)(H,88,89,90)(H,91,92,93)(H,94,95,96). The van der Waals surface area contributed by atoms with Crippen molar-refractivity contribution in [3.8, 4) is 51.7 Å². The van der Waals surface area contributed by atoms with Crippen LogP contribution >= 0.6 is 0 Å². The number of benzene rings is 3. The predicted molar refractivity (Wildman–Crippen MR) is 397 cm³/mol. The maximum Gasteiger partial charge on any atom is 0.407 e. The molecule has 0 aliphatic carbocycles. The van der Waals surface area contributed by atoms with Gasteiger partial charge in [-0.1, -0.05) is 10.4 Å². The molecule has 630 valence electrons. The van der Waals surface area contributed by atoms with E-state index in [9.17, 15) is 102 Å². The van der Waals surface area contributed by atoms with E-state index in [0.717, 1.165) is 0 Å². The van der Waals surface area contributed by atoms with Gasteiger partial charge in [0, 0.05) is 49.6 Å². The third kappa shape index (κ3) is 40.3. The fraction of sp³-hybridized carbons (Fsp3) is 0.600. The van der Waals surface area contributed by atoms with Crippen LogP contribution in [0.2, 0.25) is 0 Å². The largest absolute Gasteiger partial charge is 0.490 e. The highest BCUT2D eigenvalue weighted by molar-refractivity contribution is 7.87. The van der Waals surface area contributed by atoms with Crippen LogP contribution in [0, 0.1) is 0 Å². The third-order valence-corrected chi connectivity index (χ3v) is 19.8. The molecule has 2 heterocycles. The lowest BCUT2D eigenvalue weighted by Gasteiger charge is -2.20. The Balaban J connectivity index is 1.16. The molecule has 2 amide bonds. The normalized spacial score (nSPS) is 12.2. The maximum atomic E-state index is 13.7. The number of aryl methyl sites for hydroxylation is 4. The monoisotopic (exact) mass is 1710 g/mol. The van der Waals surface area contributed by atoms with E-state index < -0.39 is 125 Å². The van der Waals surface area contributed by atoms with E-state index in [0.29, 0.717) is 82.3 Å². The molecule has 0 fully saturated rings. The van der Waals surface area contributed by atoms with Gasteiger partial charge in [-0.25, -0.2) is 9.59 Å². The Bertz CT molecular complexity index is 4230. The van der Waals surface area contributed by atoms with Crippen LogP contribution in [0.1, 0.15) is 153 Å². The van der Waals surface area contributed by atoms with Crippen molar-refractivity contribution in [3.05, 3.63) is 76.9 Å². The van der Waals surface area contributed by atoms with Crippen LogP contribution in [0.3, 0.4) is 0 Å². The summed E-state index contributed by atoms with van der Waals surface area (Å²) in [5.74, 6) is -7.25. The van der Waals surface area contributed by atoms with Crippen molar-refractivity contribution in [2.75, 3.05) is 107 Å². The molecule has 0 atom stereocenters.